The lowest BCUT2D eigenvalue weighted by Crippen LogP contribution is -2.16. The van der Waals surface area contributed by atoms with Gasteiger partial charge in [0.05, 0.1) is 0 Å². The molecule has 2 heterocycles. The van der Waals surface area contributed by atoms with Crippen molar-refractivity contribution in [3.63, 3.8) is 0 Å². The van der Waals surface area contributed by atoms with Crippen LogP contribution in [0.3, 0.4) is 0 Å². The van der Waals surface area contributed by atoms with Gasteiger partial charge in [-0.15, -0.1) is 11.3 Å². The van der Waals surface area contributed by atoms with E-state index in [0.29, 0.717) is 0 Å². The van der Waals surface area contributed by atoms with Gasteiger partial charge < -0.3 is 5.32 Å². The number of nitrogens with one attached hydrogen (secondary N) is 1. The number of aryl methyl sites for hydroxylation is 1. The second kappa shape index (κ2) is 3.82. The number of hydrogen-bond acceptors (Lipinski definition) is 2. The van der Waals surface area contributed by atoms with Crippen molar-refractivity contribution < 1.29 is 4.39 Å². The highest BCUT2D eigenvalue weighted by atomic mass is 32.1. The molecule has 0 amide bonds. The van der Waals surface area contributed by atoms with Gasteiger partial charge in [-0.05, 0) is 49.9 Å². The molecule has 1 aromatic carbocycles. The summed E-state index contributed by atoms with van der Waals surface area (Å²) in [5, 5.41) is 4.67. The Bertz CT molecular complexity index is 544. The van der Waals surface area contributed by atoms with Crippen LogP contribution in [0.2, 0.25) is 0 Å². The minimum absolute atomic E-state index is 0.0814. The van der Waals surface area contributed by atoms with Gasteiger partial charge in [0.15, 0.2) is 0 Å². The van der Waals surface area contributed by atoms with Crippen LogP contribution in [0.5, 0.6) is 0 Å². The van der Waals surface area contributed by atoms with Crippen LogP contribution in [0.4, 0.5) is 4.39 Å². The molecule has 1 N–H and O–H groups in total. The normalized spacial score (nSPS) is 16.1. The zero-order valence-electron chi connectivity index (χ0n) is 9.27. The van der Waals surface area contributed by atoms with Crippen LogP contribution in [0, 0.1) is 12.7 Å². The first kappa shape index (κ1) is 10.2. The molecule has 2 aromatic rings. The van der Waals surface area contributed by atoms with E-state index in [1.807, 2.05) is 13.0 Å². The summed E-state index contributed by atoms with van der Waals surface area (Å²) in [6.07, 6.45) is 2.15. The summed E-state index contributed by atoms with van der Waals surface area (Å²) in [4.78, 5) is 1.44. The minimum Gasteiger partial charge on any atom is -0.316 e. The molecule has 1 nitrogen and oxygen atoms in total. The highest BCUT2D eigenvalue weighted by Gasteiger charge is 2.16. The van der Waals surface area contributed by atoms with Crippen LogP contribution < -0.4 is 5.32 Å². The molecule has 84 valence electrons. The second-order valence-electron chi connectivity index (χ2n) is 4.30. The Kier molecular flexibility index (Phi) is 2.45. The van der Waals surface area contributed by atoms with E-state index < -0.39 is 0 Å². The quantitative estimate of drug-likeness (QED) is 0.740. The van der Waals surface area contributed by atoms with Gasteiger partial charge >= 0.3 is 0 Å². The first-order chi connectivity index (χ1) is 7.77. The molecule has 1 aliphatic rings. The molecule has 0 fully saturated rings. The topological polar surface area (TPSA) is 12.0 Å². The Morgan fingerprint density at radius 2 is 2.06 bits per heavy atom. The average Bonchev–Trinajstić information content (AvgIpc) is 2.47. The fraction of sp³-hybridized carbons (Fsp3) is 0.385. The van der Waals surface area contributed by atoms with Crippen molar-refractivity contribution in [3.8, 4) is 0 Å². The van der Waals surface area contributed by atoms with Crippen molar-refractivity contribution in [2.75, 3.05) is 13.1 Å². The van der Waals surface area contributed by atoms with Crippen molar-refractivity contribution in [3.05, 3.63) is 34.0 Å². The molecule has 3 heteroatoms. The van der Waals surface area contributed by atoms with E-state index in [9.17, 15) is 4.39 Å². The van der Waals surface area contributed by atoms with Crippen molar-refractivity contribution in [2.45, 2.75) is 19.8 Å². The highest BCUT2D eigenvalue weighted by molar-refractivity contribution is 7.19. The smallest absolute Gasteiger partial charge is 0.127 e. The van der Waals surface area contributed by atoms with E-state index in [2.05, 4.69) is 5.32 Å². The number of rotatable bonds is 0. The molecular weight excluding hydrogens is 221 g/mol. The maximum absolute atomic E-state index is 13.5. The summed E-state index contributed by atoms with van der Waals surface area (Å²) in [6, 6.07) is 3.54. The molecule has 0 unspecified atom stereocenters. The third-order valence-corrected chi connectivity index (χ3v) is 4.73. The number of hydrogen-bond donors (Lipinski definition) is 1. The summed E-state index contributed by atoms with van der Waals surface area (Å²) in [7, 11) is 0. The molecule has 0 radical (unpaired) electrons. The predicted molar refractivity (Wildman–Crippen MR) is 66.8 cm³/mol. The van der Waals surface area contributed by atoms with Crippen LogP contribution >= 0.6 is 11.3 Å². The second-order valence-corrected chi connectivity index (χ2v) is 5.41. The standard InChI is InChI=1S/C13H14FNS/c1-8-11(14)3-2-10-9-4-6-15-7-5-12(9)16-13(8)10/h2-3,15H,4-7H2,1H3. The molecule has 0 aliphatic carbocycles. The molecule has 1 aliphatic heterocycles. The predicted octanol–water partition coefficient (Wildman–Crippen LogP) is 3.04. The van der Waals surface area contributed by atoms with E-state index in [0.717, 1.165) is 36.2 Å². The van der Waals surface area contributed by atoms with E-state index in [4.69, 9.17) is 0 Å². The molecule has 0 saturated carbocycles. The molecule has 0 saturated heterocycles. The zero-order valence-corrected chi connectivity index (χ0v) is 10.1. The van der Waals surface area contributed by atoms with Gasteiger partial charge in [-0.2, -0.15) is 0 Å². The lowest BCUT2D eigenvalue weighted by Gasteiger charge is -2.01. The summed E-state index contributed by atoms with van der Waals surface area (Å²) in [5.74, 6) is -0.0814. The fourth-order valence-corrected chi connectivity index (χ4v) is 3.73. The third kappa shape index (κ3) is 1.46. The number of fused-ring (bicyclic) bond motifs is 3. The number of thiophene rings is 1. The highest BCUT2D eigenvalue weighted by Crippen LogP contribution is 2.35. The molecule has 1 aromatic heterocycles. The maximum atomic E-state index is 13.5. The van der Waals surface area contributed by atoms with Crippen LogP contribution in [-0.2, 0) is 12.8 Å². The van der Waals surface area contributed by atoms with Gasteiger partial charge in [0.2, 0.25) is 0 Å². The summed E-state index contributed by atoms with van der Waals surface area (Å²) < 4.78 is 14.6. The SMILES string of the molecule is Cc1c(F)ccc2c3c(sc12)CCNCC3. The van der Waals surface area contributed by atoms with E-state index >= 15 is 0 Å². The molecule has 0 atom stereocenters. The van der Waals surface area contributed by atoms with E-state index in [1.54, 1.807) is 17.4 Å². The van der Waals surface area contributed by atoms with Crippen LogP contribution in [0.1, 0.15) is 16.0 Å². The van der Waals surface area contributed by atoms with Gasteiger partial charge in [0.1, 0.15) is 5.82 Å². The Hall–Kier alpha value is -0.930. The molecule has 0 spiro atoms. The Morgan fingerprint density at radius 1 is 1.25 bits per heavy atom. The van der Waals surface area contributed by atoms with Gasteiger partial charge in [-0.3, -0.25) is 0 Å². The monoisotopic (exact) mass is 235 g/mol. The van der Waals surface area contributed by atoms with Crippen LogP contribution in [0.15, 0.2) is 12.1 Å². The lowest BCUT2D eigenvalue weighted by atomic mass is 10.1. The Labute approximate surface area is 98.3 Å². The first-order valence-corrected chi connectivity index (χ1v) is 6.49. The van der Waals surface area contributed by atoms with Crippen LogP contribution in [0.25, 0.3) is 10.1 Å². The minimum atomic E-state index is -0.0814. The van der Waals surface area contributed by atoms with E-state index in [-0.39, 0.29) is 5.82 Å². The molecule has 16 heavy (non-hydrogen) atoms. The van der Waals surface area contributed by atoms with E-state index in [1.165, 1.54) is 15.8 Å². The Morgan fingerprint density at radius 3 is 2.94 bits per heavy atom. The zero-order chi connectivity index (χ0) is 11.1. The third-order valence-electron chi connectivity index (χ3n) is 3.31. The number of halogens is 1. The van der Waals surface area contributed by atoms with Gasteiger partial charge in [0.25, 0.3) is 0 Å². The average molecular weight is 235 g/mol. The lowest BCUT2D eigenvalue weighted by molar-refractivity contribution is 0.621. The molecular formula is C13H14FNS. The Balaban J connectivity index is 2.28. The largest absolute Gasteiger partial charge is 0.316 e. The first-order valence-electron chi connectivity index (χ1n) is 5.67. The number of benzene rings is 1. The van der Waals surface area contributed by atoms with Gasteiger partial charge in [-0.25, -0.2) is 4.39 Å². The summed E-state index contributed by atoms with van der Waals surface area (Å²) >= 11 is 1.77. The van der Waals surface area contributed by atoms with Crippen molar-refractivity contribution >= 4 is 21.4 Å². The fourth-order valence-electron chi connectivity index (χ4n) is 2.39. The van der Waals surface area contributed by atoms with Crippen molar-refractivity contribution in [2.24, 2.45) is 0 Å². The maximum Gasteiger partial charge on any atom is 0.127 e. The van der Waals surface area contributed by atoms with Crippen molar-refractivity contribution in [1.82, 2.24) is 5.32 Å². The molecule has 0 bridgehead atoms. The van der Waals surface area contributed by atoms with Gasteiger partial charge in [-0.1, -0.05) is 6.07 Å². The van der Waals surface area contributed by atoms with Crippen LogP contribution in [-0.4, -0.2) is 13.1 Å². The van der Waals surface area contributed by atoms with Gasteiger partial charge in [0, 0.05) is 15.1 Å². The molecule has 3 rings (SSSR count). The van der Waals surface area contributed by atoms with Crippen molar-refractivity contribution in [1.29, 1.82) is 0 Å². The summed E-state index contributed by atoms with van der Waals surface area (Å²) in [6.45, 7) is 3.96. The summed E-state index contributed by atoms with van der Waals surface area (Å²) in [5.41, 5.74) is 2.25.